The molecule has 2 nitrogen and oxygen atoms in total. The molecule has 1 aliphatic carbocycles. The summed E-state index contributed by atoms with van der Waals surface area (Å²) in [6, 6.07) is 4.23. The van der Waals surface area contributed by atoms with Crippen LogP contribution in [-0.2, 0) is 17.6 Å². The Labute approximate surface area is 107 Å². The Balaban J connectivity index is 2.05. The fraction of sp³-hybridized carbons (Fsp3) is 0.643. The molecular weight excluding hydrogens is 230 g/mol. The quantitative estimate of drug-likeness (QED) is 0.874. The van der Waals surface area contributed by atoms with Gasteiger partial charge in [-0.2, -0.15) is 0 Å². The lowest BCUT2D eigenvalue weighted by atomic mass is 9.80. The highest BCUT2D eigenvalue weighted by atomic mass is 32.1. The lowest BCUT2D eigenvalue weighted by molar-refractivity contribution is -0.127. The van der Waals surface area contributed by atoms with E-state index in [1.165, 1.54) is 9.75 Å². The van der Waals surface area contributed by atoms with Crippen molar-refractivity contribution in [3.8, 4) is 0 Å². The molecular formula is C14H21NOS. The molecule has 3 heteroatoms. The van der Waals surface area contributed by atoms with E-state index in [2.05, 4.69) is 19.1 Å². The number of rotatable bonds is 5. The highest BCUT2D eigenvalue weighted by Crippen LogP contribution is 2.39. The van der Waals surface area contributed by atoms with Crippen molar-refractivity contribution in [1.29, 1.82) is 0 Å². The molecule has 0 radical (unpaired) electrons. The molecule has 0 bridgehead atoms. The number of thiophene rings is 1. The van der Waals surface area contributed by atoms with Gasteiger partial charge in [0.1, 0.15) is 5.78 Å². The minimum atomic E-state index is -0.198. The van der Waals surface area contributed by atoms with Crippen molar-refractivity contribution < 1.29 is 4.79 Å². The van der Waals surface area contributed by atoms with Gasteiger partial charge in [0, 0.05) is 28.1 Å². The Morgan fingerprint density at radius 1 is 1.35 bits per heavy atom. The van der Waals surface area contributed by atoms with Crippen LogP contribution >= 0.6 is 11.3 Å². The van der Waals surface area contributed by atoms with E-state index in [0.29, 0.717) is 18.7 Å². The highest BCUT2D eigenvalue weighted by molar-refractivity contribution is 7.12. The zero-order valence-electron chi connectivity index (χ0n) is 10.5. The number of hydrogen-bond acceptors (Lipinski definition) is 3. The van der Waals surface area contributed by atoms with E-state index in [1.54, 1.807) is 11.3 Å². The highest BCUT2D eigenvalue weighted by Gasteiger charge is 2.39. The number of hydrogen-bond donors (Lipinski definition) is 1. The third-order valence-electron chi connectivity index (χ3n) is 3.94. The third kappa shape index (κ3) is 2.61. The molecule has 2 rings (SSSR count). The molecule has 0 saturated heterocycles. The fourth-order valence-electron chi connectivity index (χ4n) is 2.70. The second kappa shape index (κ2) is 5.32. The minimum Gasteiger partial charge on any atom is -0.329 e. The molecule has 0 amide bonds. The number of carbonyl (C=O) groups excluding carboxylic acids is 1. The maximum absolute atomic E-state index is 12.4. The average molecular weight is 251 g/mol. The molecule has 1 aromatic heterocycles. The molecule has 1 aromatic rings. The first-order valence-corrected chi connectivity index (χ1v) is 7.33. The smallest absolute Gasteiger partial charge is 0.145 e. The molecule has 0 unspecified atom stereocenters. The molecule has 0 spiro atoms. The lowest BCUT2D eigenvalue weighted by Gasteiger charge is -2.25. The fourth-order valence-corrected chi connectivity index (χ4v) is 3.66. The summed E-state index contributed by atoms with van der Waals surface area (Å²) in [6.45, 7) is 2.67. The van der Waals surface area contributed by atoms with Crippen LogP contribution in [0, 0.1) is 5.41 Å². The second-order valence-electron chi connectivity index (χ2n) is 5.01. The summed E-state index contributed by atoms with van der Waals surface area (Å²) in [5.74, 6) is 0.363. The molecule has 1 heterocycles. The van der Waals surface area contributed by atoms with E-state index < -0.39 is 0 Å². The molecule has 0 aliphatic heterocycles. The van der Waals surface area contributed by atoms with E-state index in [-0.39, 0.29) is 5.41 Å². The van der Waals surface area contributed by atoms with E-state index in [9.17, 15) is 4.79 Å². The summed E-state index contributed by atoms with van der Waals surface area (Å²) in [5.41, 5.74) is 5.64. The Kier molecular flexibility index (Phi) is 4.00. The van der Waals surface area contributed by atoms with E-state index in [1.807, 2.05) is 0 Å². The van der Waals surface area contributed by atoms with Crippen molar-refractivity contribution in [1.82, 2.24) is 0 Å². The predicted molar refractivity (Wildman–Crippen MR) is 72.4 cm³/mol. The number of Topliss-reactive ketones (excluding diaryl/α,β-unsaturated/α-hetero) is 1. The van der Waals surface area contributed by atoms with Crippen LogP contribution in [0.15, 0.2) is 12.1 Å². The molecule has 2 N–H and O–H groups in total. The summed E-state index contributed by atoms with van der Waals surface area (Å²) in [7, 11) is 0. The Bertz CT molecular complexity index is 391. The van der Waals surface area contributed by atoms with Gasteiger partial charge in [-0.3, -0.25) is 4.79 Å². The Morgan fingerprint density at radius 3 is 2.53 bits per heavy atom. The summed E-state index contributed by atoms with van der Waals surface area (Å²) in [5, 5.41) is 0. The predicted octanol–water partition coefficient (Wildman–Crippen LogP) is 2.94. The van der Waals surface area contributed by atoms with E-state index in [4.69, 9.17) is 5.73 Å². The van der Waals surface area contributed by atoms with Crippen LogP contribution in [0.4, 0.5) is 0 Å². The van der Waals surface area contributed by atoms with Gasteiger partial charge in [0.15, 0.2) is 0 Å². The molecule has 0 aromatic carbocycles. The van der Waals surface area contributed by atoms with Crippen molar-refractivity contribution in [2.24, 2.45) is 11.1 Å². The van der Waals surface area contributed by atoms with Crippen LogP contribution in [0.3, 0.4) is 0 Å². The van der Waals surface area contributed by atoms with Gasteiger partial charge in [-0.1, -0.05) is 19.8 Å². The van der Waals surface area contributed by atoms with Crippen LogP contribution in [0.1, 0.15) is 42.4 Å². The molecule has 17 heavy (non-hydrogen) atoms. The van der Waals surface area contributed by atoms with Crippen molar-refractivity contribution in [2.75, 3.05) is 6.54 Å². The number of ketones is 1. The van der Waals surface area contributed by atoms with Gasteiger partial charge in [0.2, 0.25) is 0 Å². The minimum absolute atomic E-state index is 0.198. The zero-order chi connectivity index (χ0) is 12.3. The van der Waals surface area contributed by atoms with Gasteiger partial charge in [0.05, 0.1) is 0 Å². The van der Waals surface area contributed by atoms with Crippen molar-refractivity contribution in [2.45, 2.75) is 45.4 Å². The van der Waals surface area contributed by atoms with Gasteiger partial charge in [-0.15, -0.1) is 11.3 Å². The maximum atomic E-state index is 12.4. The van der Waals surface area contributed by atoms with E-state index >= 15 is 0 Å². The lowest BCUT2D eigenvalue weighted by Crippen LogP contribution is -2.37. The number of nitrogens with two attached hydrogens (primary N) is 1. The van der Waals surface area contributed by atoms with Crippen molar-refractivity contribution in [3.05, 3.63) is 21.9 Å². The van der Waals surface area contributed by atoms with Crippen LogP contribution in [-0.4, -0.2) is 12.3 Å². The van der Waals surface area contributed by atoms with E-state index in [0.717, 1.165) is 32.1 Å². The van der Waals surface area contributed by atoms with Crippen LogP contribution < -0.4 is 5.73 Å². The third-order valence-corrected chi connectivity index (χ3v) is 5.17. The standard InChI is InChI=1S/C14H21NOS/c1-2-11-5-6-12(17-11)9-13(16)14(10-15)7-3-4-8-14/h5-6H,2-4,7-10,15H2,1H3. The molecule has 1 aliphatic rings. The number of aryl methyl sites for hydroxylation is 1. The average Bonchev–Trinajstić information content (AvgIpc) is 2.97. The normalized spacial score (nSPS) is 18.5. The van der Waals surface area contributed by atoms with Gasteiger partial charge >= 0.3 is 0 Å². The van der Waals surface area contributed by atoms with Crippen LogP contribution in [0.5, 0.6) is 0 Å². The summed E-state index contributed by atoms with van der Waals surface area (Å²) < 4.78 is 0. The second-order valence-corrected chi connectivity index (χ2v) is 6.27. The number of carbonyl (C=O) groups is 1. The van der Waals surface area contributed by atoms with Gasteiger partial charge < -0.3 is 5.73 Å². The molecule has 0 atom stereocenters. The van der Waals surface area contributed by atoms with Gasteiger partial charge in [0.25, 0.3) is 0 Å². The molecule has 1 saturated carbocycles. The van der Waals surface area contributed by atoms with Crippen LogP contribution in [0.2, 0.25) is 0 Å². The van der Waals surface area contributed by atoms with Crippen molar-refractivity contribution >= 4 is 17.1 Å². The largest absolute Gasteiger partial charge is 0.329 e. The first kappa shape index (κ1) is 12.8. The molecule has 1 fully saturated rings. The summed E-state index contributed by atoms with van der Waals surface area (Å²) >= 11 is 1.77. The summed E-state index contributed by atoms with van der Waals surface area (Å²) in [6.07, 6.45) is 5.95. The maximum Gasteiger partial charge on any atom is 0.145 e. The summed E-state index contributed by atoms with van der Waals surface area (Å²) in [4.78, 5) is 15.0. The van der Waals surface area contributed by atoms with Crippen molar-refractivity contribution in [3.63, 3.8) is 0 Å². The van der Waals surface area contributed by atoms with Crippen LogP contribution in [0.25, 0.3) is 0 Å². The SMILES string of the molecule is CCc1ccc(CC(=O)C2(CN)CCCC2)s1. The van der Waals surface area contributed by atoms with Gasteiger partial charge in [-0.05, 0) is 31.4 Å². The Morgan fingerprint density at radius 2 is 2.00 bits per heavy atom. The first-order chi connectivity index (χ1) is 8.20. The monoisotopic (exact) mass is 251 g/mol. The topological polar surface area (TPSA) is 43.1 Å². The zero-order valence-corrected chi connectivity index (χ0v) is 11.3. The van der Waals surface area contributed by atoms with Gasteiger partial charge in [-0.25, -0.2) is 0 Å². The Hall–Kier alpha value is -0.670. The first-order valence-electron chi connectivity index (χ1n) is 6.51. The molecule has 94 valence electrons.